The Morgan fingerprint density at radius 1 is 1.18 bits per heavy atom. The molecule has 84 valence electrons. The number of benzene rings is 1. The van der Waals surface area contributed by atoms with Crippen molar-refractivity contribution in [3.63, 3.8) is 0 Å². The van der Waals surface area contributed by atoms with Crippen molar-refractivity contribution in [3.8, 4) is 11.6 Å². The summed E-state index contributed by atoms with van der Waals surface area (Å²) in [5.41, 5.74) is 1.07. The Labute approximate surface area is 95.9 Å². The number of aromatic hydroxyl groups is 1. The van der Waals surface area contributed by atoms with E-state index < -0.39 is 0 Å². The first kappa shape index (κ1) is 9.59. The second kappa shape index (κ2) is 3.44. The fourth-order valence-electron chi connectivity index (χ4n) is 1.60. The van der Waals surface area contributed by atoms with E-state index in [9.17, 15) is 5.21 Å². The zero-order valence-electron chi connectivity index (χ0n) is 8.69. The minimum atomic E-state index is 0.0444. The molecule has 0 radical (unpaired) electrons. The van der Waals surface area contributed by atoms with E-state index in [2.05, 4.69) is 10.1 Å². The number of hydrogen-bond acceptors (Lipinski definition) is 4. The molecule has 3 rings (SSSR count). The highest BCUT2D eigenvalue weighted by Gasteiger charge is 2.15. The van der Waals surface area contributed by atoms with E-state index in [-0.39, 0.29) is 5.75 Å². The molecule has 0 unspecified atom stereocenters. The highest BCUT2D eigenvalue weighted by Crippen LogP contribution is 2.11. The number of nitrogens with zero attached hydrogens (tertiary/aromatic N) is 4. The predicted molar refractivity (Wildman–Crippen MR) is 59.5 cm³/mol. The molecule has 0 saturated heterocycles. The number of para-hydroxylation sites is 1. The number of fused-ring (bicyclic) bond motifs is 1. The Morgan fingerprint density at radius 2 is 2.00 bits per heavy atom. The maximum atomic E-state index is 11.9. The highest BCUT2D eigenvalue weighted by molar-refractivity contribution is 5.70. The van der Waals surface area contributed by atoms with Crippen LogP contribution < -0.4 is 4.85 Å². The Kier molecular flexibility index (Phi) is 1.94. The van der Waals surface area contributed by atoms with Gasteiger partial charge in [0, 0.05) is 4.80 Å². The van der Waals surface area contributed by atoms with Gasteiger partial charge in [0.25, 0.3) is 0 Å². The van der Waals surface area contributed by atoms with Crippen LogP contribution in [0.1, 0.15) is 0 Å². The summed E-state index contributed by atoms with van der Waals surface area (Å²) in [6.45, 7) is 0. The van der Waals surface area contributed by atoms with Crippen molar-refractivity contribution >= 4 is 11.0 Å². The van der Waals surface area contributed by atoms with Gasteiger partial charge in [-0.3, -0.25) is 0 Å². The largest absolute Gasteiger partial charge is 0.692 e. The topological polar surface area (TPSA) is 77.9 Å². The Balaban J connectivity index is 2.24. The van der Waals surface area contributed by atoms with Gasteiger partial charge in [-0.2, -0.15) is 0 Å². The van der Waals surface area contributed by atoms with E-state index in [4.69, 9.17) is 5.11 Å². The zero-order chi connectivity index (χ0) is 11.8. The van der Waals surface area contributed by atoms with E-state index in [1.165, 1.54) is 18.3 Å². The molecule has 6 heteroatoms. The van der Waals surface area contributed by atoms with Gasteiger partial charge in [-0.05, 0) is 24.3 Å². The molecule has 1 N–H and O–H groups in total. The van der Waals surface area contributed by atoms with Crippen molar-refractivity contribution in [3.05, 3.63) is 47.8 Å². The summed E-state index contributed by atoms with van der Waals surface area (Å²) in [7, 11) is 0. The van der Waals surface area contributed by atoms with Crippen molar-refractivity contribution in [2.75, 3.05) is 0 Å². The van der Waals surface area contributed by atoms with Crippen LogP contribution in [-0.4, -0.2) is 20.0 Å². The molecule has 0 aliphatic heterocycles. The van der Waals surface area contributed by atoms with E-state index in [0.29, 0.717) is 21.7 Å². The second-order valence-electron chi connectivity index (χ2n) is 3.53. The lowest BCUT2D eigenvalue weighted by atomic mass is 10.3. The fraction of sp³-hybridized carbons (Fsp3) is 0. The van der Waals surface area contributed by atoms with Crippen molar-refractivity contribution in [1.82, 2.24) is 14.9 Å². The van der Waals surface area contributed by atoms with Gasteiger partial charge in [0.1, 0.15) is 5.75 Å². The molecule has 0 bridgehead atoms. The first-order valence-corrected chi connectivity index (χ1v) is 4.99. The molecule has 0 spiro atoms. The van der Waals surface area contributed by atoms with Gasteiger partial charge in [0.2, 0.25) is 16.9 Å². The molecule has 0 saturated carbocycles. The number of hydrogen-bond donors (Lipinski definition) is 1. The lowest BCUT2D eigenvalue weighted by Gasteiger charge is -2.02. The van der Waals surface area contributed by atoms with Crippen LogP contribution in [0.25, 0.3) is 16.9 Å². The summed E-state index contributed by atoms with van der Waals surface area (Å²) in [5, 5.41) is 25.2. The Morgan fingerprint density at radius 3 is 2.71 bits per heavy atom. The summed E-state index contributed by atoms with van der Waals surface area (Å²) >= 11 is 0. The predicted octanol–water partition coefficient (Wildman–Crippen LogP) is 0.759. The lowest BCUT2D eigenvalue weighted by Crippen LogP contribution is -2.37. The molecule has 0 amide bonds. The molecular formula is C11H8N4O2. The van der Waals surface area contributed by atoms with Crippen molar-refractivity contribution in [1.29, 1.82) is 0 Å². The molecule has 1 aromatic carbocycles. The summed E-state index contributed by atoms with van der Waals surface area (Å²) in [4.78, 5) is 5.74. The molecule has 6 nitrogen and oxygen atoms in total. The van der Waals surface area contributed by atoms with Crippen LogP contribution in [0.4, 0.5) is 0 Å². The molecule has 0 aliphatic rings. The second-order valence-corrected chi connectivity index (χ2v) is 3.53. The Bertz CT molecular complexity index is 676. The number of aromatic nitrogens is 4. The third-order valence-electron chi connectivity index (χ3n) is 2.40. The minimum absolute atomic E-state index is 0.0444. The van der Waals surface area contributed by atoms with Gasteiger partial charge < -0.3 is 10.3 Å². The van der Waals surface area contributed by atoms with E-state index >= 15 is 0 Å². The first-order valence-electron chi connectivity index (χ1n) is 4.99. The van der Waals surface area contributed by atoms with Crippen molar-refractivity contribution in [2.24, 2.45) is 0 Å². The maximum Gasteiger partial charge on any atom is 0.250 e. The SMILES string of the molecule is [O-][n+]1c2ccccc2nn1-c1ccc(O)cn1. The number of rotatable bonds is 1. The third kappa shape index (κ3) is 1.46. The van der Waals surface area contributed by atoms with Gasteiger partial charge >= 0.3 is 0 Å². The number of pyridine rings is 1. The molecule has 0 fully saturated rings. The van der Waals surface area contributed by atoms with Crippen LogP contribution in [0.15, 0.2) is 42.6 Å². The summed E-state index contributed by atoms with van der Waals surface area (Å²) in [5.74, 6) is 0.400. The summed E-state index contributed by atoms with van der Waals surface area (Å²) in [6, 6.07) is 9.99. The van der Waals surface area contributed by atoms with Gasteiger partial charge in [-0.25, -0.2) is 4.98 Å². The van der Waals surface area contributed by atoms with Crippen LogP contribution in [-0.2, 0) is 0 Å². The zero-order valence-corrected chi connectivity index (χ0v) is 8.69. The highest BCUT2D eigenvalue weighted by atomic mass is 16.5. The molecule has 17 heavy (non-hydrogen) atoms. The monoisotopic (exact) mass is 228 g/mol. The first-order chi connectivity index (χ1) is 8.25. The van der Waals surface area contributed by atoms with Crippen LogP contribution in [0.2, 0.25) is 0 Å². The molecule has 0 aliphatic carbocycles. The van der Waals surface area contributed by atoms with E-state index in [1.54, 1.807) is 18.2 Å². The van der Waals surface area contributed by atoms with Gasteiger partial charge in [0.05, 0.1) is 11.3 Å². The van der Waals surface area contributed by atoms with Crippen LogP contribution >= 0.6 is 0 Å². The average molecular weight is 228 g/mol. The Hall–Kier alpha value is -2.63. The smallest absolute Gasteiger partial charge is 0.250 e. The molecule has 3 aromatic rings. The summed E-state index contributed by atoms with van der Waals surface area (Å²) in [6.07, 6.45) is 1.27. The van der Waals surface area contributed by atoms with Crippen LogP contribution in [0, 0.1) is 5.21 Å². The van der Waals surface area contributed by atoms with E-state index in [0.717, 1.165) is 4.80 Å². The quantitative estimate of drug-likeness (QED) is 0.492. The fourth-order valence-corrected chi connectivity index (χ4v) is 1.60. The summed E-state index contributed by atoms with van der Waals surface area (Å²) < 4.78 is 0. The van der Waals surface area contributed by atoms with Gasteiger partial charge in [-0.15, -0.1) is 4.85 Å². The van der Waals surface area contributed by atoms with Crippen LogP contribution in [0.3, 0.4) is 0 Å². The molecule has 2 heterocycles. The van der Waals surface area contributed by atoms with Gasteiger partial charge in [0.15, 0.2) is 0 Å². The molecule has 0 atom stereocenters. The minimum Gasteiger partial charge on any atom is -0.692 e. The standard InChI is InChI=1S/C11H8N4O2/c16-8-5-6-11(12-7-8)14-13-9-3-1-2-4-10(9)15(14)17/h1-7,16H. The third-order valence-corrected chi connectivity index (χ3v) is 2.40. The maximum absolute atomic E-state index is 11.9. The van der Waals surface area contributed by atoms with Crippen LogP contribution in [0.5, 0.6) is 5.75 Å². The normalized spacial score (nSPS) is 10.8. The van der Waals surface area contributed by atoms with Crippen molar-refractivity contribution in [2.45, 2.75) is 0 Å². The lowest BCUT2D eigenvalue weighted by molar-refractivity contribution is -0.665. The van der Waals surface area contributed by atoms with E-state index in [1.807, 2.05) is 6.07 Å². The van der Waals surface area contributed by atoms with Gasteiger partial charge in [-0.1, -0.05) is 12.1 Å². The molecule has 2 aromatic heterocycles. The van der Waals surface area contributed by atoms with Crippen molar-refractivity contribution < 1.29 is 9.95 Å². The molecular weight excluding hydrogens is 220 g/mol. The average Bonchev–Trinajstić information content (AvgIpc) is 2.69.